The Balaban J connectivity index is 2.09. The summed E-state index contributed by atoms with van der Waals surface area (Å²) in [6, 6.07) is 0.377. The average molecular weight is 270 g/mol. The van der Waals surface area contributed by atoms with Crippen LogP contribution in [0.4, 0.5) is 0 Å². The summed E-state index contributed by atoms with van der Waals surface area (Å²) in [5.41, 5.74) is 0. The average Bonchev–Trinajstić information content (AvgIpc) is 2.43. The van der Waals surface area contributed by atoms with Crippen LogP contribution in [-0.4, -0.2) is 50.1 Å². The van der Waals surface area contributed by atoms with Gasteiger partial charge in [0.05, 0.1) is 13.5 Å². The molecule has 1 amide bonds. The summed E-state index contributed by atoms with van der Waals surface area (Å²) in [5, 5.41) is 3.09. The highest BCUT2D eigenvalue weighted by Crippen LogP contribution is 2.17. The molecule has 19 heavy (non-hydrogen) atoms. The zero-order chi connectivity index (χ0) is 14.1. The van der Waals surface area contributed by atoms with Crippen LogP contribution in [0.15, 0.2) is 0 Å². The molecule has 0 aromatic rings. The molecular weight excluding hydrogens is 244 g/mol. The fourth-order valence-electron chi connectivity index (χ4n) is 2.34. The topological polar surface area (TPSA) is 58.6 Å². The van der Waals surface area contributed by atoms with Gasteiger partial charge < -0.3 is 15.0 Å². The number of amides is 1. The Bertz CT molecular complexity index is 288. The van der Waals surface area contributed by atoms with E-state index < -0.39 is 0 Å². The van der Waals surface area contributed by atoms with Crippen LogP contribution < -0.4 is 5.32 Å². The minimum Gasteiger partial charge on any atom is -0.469 e. The zero-order valence-electron chi connectivity index (χ0n) is 12.1. The van der Waals surface area contributed by atoms with Gasteiger partial charge in [-0.2, -0.15) is 0 Å². The molecule has 1 rings (SSSR count). The van der Waals surface area contributed by atoms with E-state index in [1.54, 1.807) is 0 Å². The predicted octanol–water partition coefficient (Wildman–Crippen LogP) is 1.32. The molecule has 1 saturated carbocycles. The third-order valence-corrected chi connectivity index (χ3v) is 3.62. The van der Waals surface area contributed by atoms with Crippen molar-refractivity contribution >= 4 is 11.9 Å². The fraction of sp³-hybridized carbons (Fsp3) is 0.857. The second-order valence-electron chi connectivity index (χ2n) is 5.28. The van der Waals surface area contributed by atoms with E-state index in [2.05, 4.69) is 10.1 Å². The van der Waals surface area contributed by atoms with E-state index >= 15 is 0 Å². The van der Waals surface area contributed by atoms with Gasteiger partial charge in [-0.15, -0.1) is 0 Å². The third-order valence-electron chi connectivity index (χ3n) is 3.62. The van der Waals surface area contributed by atoms with Gasteiger partial charge in [-0.3, -0.25) is 9.59 Å². The molecule has 1 fully saturated rings. The van der Waals surface area contributed by atoms with Gasteiger partial charge in [-0.25, -0.2) is 0 Å². The highest BCUT2D eigenvalue weighted by molar-refractivity contribution is 5.76. The maximum absolute atomic E-state index is 11.8. The summed E-state index contributed by atoms with van der Waals surface area (Å²) < 4.78 is 4.58. The zero-order valence-corrected chi connectivity index (χ0v) is 12.1. The first-order valence-electron chi connectivity index (χ1n) is 7.16. The van der Waals surface area contributed by atoms with Crippen LogP contribution in [0.1, 0.15) is 44.9 Å². The number of hydrogen-bond acceptors (Lipinski definition) is 4. The van der Waals surface area contributed by atoms with Crippen molar-refractivity contribution in [2.24, 2.45) is 0 Å². The van der Waals surface area contributed by atoms with Crippen molar-refractivity contribution in [3.8, 4) is 0 Å². The molecule has 0 spiro atoms. The smallest absolute Gasteiger partial charge is 0.306 e. The molecular formula is C14H26N2O3. The first-order chi connectivity index (χ1) is 9.11. The number of nitrogens with one attached hydrogen (secondary N) is 1. The molecule has 0 aliphatic heterocycles. The van der Waals surface area contributed by atoms with E-state index in [9.17, 15) is 9.59 Å². The lowest BCUT2D eigenvalue weighted by Crippen LogP contribution is -2.37. The van der Waals surface area contributed by atoms with Crippen molar-refractivity contribution in [1.82, 2.24) is 10.2 Å². The molecule has 110 valence electrons. The summed E-state index contributed by atoms with van der Waals surface area (Å²) in [7, 11) is 3.30. The lowest BCUT2D eigenvalue weighted by Gasteiger charge is -2.23. The highest BCUT2D eigenvalue weighted by atomic mass is 16.5. The molecule has 1 N–H and O–H groups in total. The number of hydrogen-bond donors (Lipinski definition) is 1. The number of ether oxygens (including phenoxy) is 1. The van der Waals surface area contributed by atoms with Gasteiger partial charge in [0, 0.05) is 25.6 Å². The number of rotatable bonds is 7. The number of esters is 1. The second kappa shape index (κ2) is 8.91. The van der Waals surface area contributed by atoms with Gasteiger partial charge in [0.1, 0.15) is 0 Å². The van der Waals surface area contributed by atoms with Crippen LogP contribution in [0.5, 0.6) is 0 Å². The van der Waals surface area contributed by atoms with Crippen molar-refractivity contribution in [1.29, 1.82) is 0 Å². The van der Waals surface area contributed by atoms with Crippen LogP contribution in [0.2, 0.25) is 0 Å². The van der Waals surface area contributed by atoms with Crippen molar-refractivity contribution in [3.05, 3.63) is 0 Å². The predicted molar refractivity (Wildman–Crippen MR) is 73.8 cm³/mol. The van der Waals surface area contributed by atoms with E-state index in [0.717, 1.165) is 12.8 Å². The number of nitrogens with zero attached hydrogens (tertiary/aromatic N) is 1. The van der Waals surface area contributed by atoms with Gasteiger partial charge in [0.2, 0.25) is 5.91 Å². The SMILES string of the molecule is COC(=O)CCN(C)CCC(=O)NC1CCCCC1. The molecule has 5 heteroatoms. The van der Waals surface area contributed by atoms with Crippen LogP contribution in [-0.2, 0) is 14.3 Å². The molecule has 0 unspecified atom stereocenters. The molecule has 0 radical (unpaired) electrons. The summed E-state index contributed by atoms with van der Waals surface area (Å²) >= 11 is 0. The molecule has 5 nitrogen and oxygen atoms in total. The minimum atomic E-state index is -0.210. The number of carbonyl (C=O) groups excluding carboxylic acids is 2. The van der Waals surface area contributed by atoms with Gasteiger partial charge >= 0.3 is 5.97 Å². The largest absolute Gasteiger partial charge is 0.469 e. The number of carbonyl (C=O) groups is 2. The Morgan fingerprint density at radius 2 is 1.79 bits per heavy atom. The van der Waals surface area contributed by atoms with Crippen LogP contribution in [0.3, 0.4) is 0 Å². The first kappa shape index (κ1) is 16.0. The molecule has 0 heterocycles. The Labute approximate surface area is 115 Å². The Morgan fingerprint density at radius 3 is 2.42 bits per heavy atom. The molecule has 0 bridgehead atoms. The highest BCUT2D eigenvalue weighted by Gasteiger charge is 2.15. The lowest BCUT2D eigenvalue weighted by atomic mass is 9.95. The van der Waals surface area contributed by atoms with Crippen LogP contribution in [0, 0.1) is 0 Å². The molecule has 1 aliphatic carbocycles. The Kier molecular flexibility index (Phi) is 7.48. The maximum atomic E-state index is 11.8. The first-order valence-corrected chi connectivity index (χ1v) is 7.16. The molecule has 0 atom stereocenters. The standard InChI is InChI=1S/C14H26N2O3/c1-16(11-9-14(18)19-2)10-8-13(17)15-12-6-4-3-5-7-12/h12H,3-11H2,1-2H3,(H,15,17). The third kappa shape index (κ3) is 7.15. The Hall–Kier alpha value is -1.10. The molecule has 1 aliphatic rings. The van der Waals surface area contributed by atoms with E-state index in [-0.39, 0.29) is 11.9 Å². The van der Waals surface area contributed by atoms with E-state index in [4.69, 9.17) is 0 Å². The molecule has 0 saturated heterocycles. The van der Waals surface area contributed by atoms with Gasteiger partial charge in [-0.05, 0) is 19.9 Å². The molecule has 0 aromatic carbocycles. The summed E-state index contributed by atoms with van der Waals surface area (Å²) in [6.45, 7) is 1.30. The van der Waals surface area contributed by atoms with E-state index in [1.165, 1.54) is 26.4 Å². The van der Waals surface area contributed by atoms with E-state index in [1.807, 2.05) is 11.9 Å². The quantitative estimate of drug-likeness (QED) is 0.709. The monoisotopic (exact) mass is 270 g/mol. The fourth-order valence-corrected chi connectivity index (χ4v) is 2.34. The maximum Gasteiger partial charge on any atom is 0.306 e. The van der Waals surface area contributed by atoms with Crippen molar-refractivity contribution in [2.75, 3.05) is 27.2 Å². The van der Waals surface area contributed by atoms with Crippen molar-refractivity contribution in [3.63, 3.8) is 0 Å². The number of methoxy groups -OCH3 is 1. The van der Waals surface area contributed by atoms with Crippen LogP contribution >= 0.6 is 0 Å². The second-order valence-corrected chi connectivity index (χ2v) is 5.28. The van der Waals surface area contributed by atoms with Crippen molar-refractivity contribution < 1.29 is 14.3 Å². The van der Waals surface area contributed by atoms with Crippen LogP contribution in [0.25, 0.3) is 0 Å². The minimum absolute atomic E-state index is 0.122. The normalized spacial score (nSPS) is 16.4. The lowest BCUT2D eigenvalue weighted by molar-refractivity contribution is -0.140. The van der Waals surface area contributed by atoms with Gasteiger partial charge in [0.15, 0.2) is 0 Å². The summed E-state index contributed by atoms with van der Waals surface area (Å²) in [4.78, 5) is 24.8. The Morgan fingerprint density at radius 1 is 1.16 bits per heavy atom. The summed E-state index contributed by atoms with van der Waals surface area (Å²) in [6.07, 6.45) is 6.84. The summed E-state index contributed by atoms with van der Waals surface area (Å²) in [5.74, 6) is -0.0877. The van der Waals surface area contributed by atoms with Gasteiger partial charge in [-0.1, -0.05) is 19.3 Å². The van der Waals surface area contributed by atoms with Gasteiger partial charge in [0.25, 0.3) is 0 Å². The van der Waals surface area contributed by atoms with E-state index in [0.29, 0.717) is 32.0 Å². The molecule has 0 aromatic heterocycles. The van der Waals surface area contributed by atoms with Crippen molar-refractivity contribution in [2.45, 2.75) is 51.0 Å².